The highest BCUT2D eigenvalue weighted by atomic mass is 35.5. The van der Waals surface area contributed by atoms with Gasteiger partial charge in [-0.1, -0.05) is 24.3 Å². The van der Waals surface area contributed by atoms with Crippen LogP contribution in [0.15, 0.2) is 24.3 Å². The van der Waals surface area contributed by atoms with Crippen molar-refractivity contribution in [3.63, 3.8) is 0 Å². The summed E-state index contributed by atoms with van der Waals surface area (Å²) < 4.78 is 0. The SMILES string of the molecule is Cl.O=C(NCc1ccccc1CN1CCCC1)c1n[nH]c2c1CNCC2. The van der Waals surface area contributed by atoms with E-state index in [2.05, 4.69) is 43.9 Å². The van der Waals surface area contributed by atoms with Crippen molar-refractivity contribution in [2.45, 2.75) is 38.9 Å². The number of carbonyl (C=O) groups excluding carboxylic acids is 1. The molecule has 1 fully saturated rings. The fraction of sp³-hybridized carbons (Fsp3) is 0.474. The fourth-order valence-electron chi connectivity index (χ4n) is 3.74. The summed E-state index contributed by atoms with van der Waals surface area (Å²) in [5.74, 6) is -0.0998. The predicted octanol–water partition coefficient (Wildman–Crippen LogP) is 2.00. The second-order valence-corrected chi connectivity index (χ2v) is 6.89. The zero-order valence-electron chi connectivity index (χ0n) is 14.9. The molecule has 140 valence electrons. The van der Waals surface area contributed by atoms with Crippen LogP contribution in [0.1, 0.15) is 45.7 Å². The monoisotopic (exact) mass is 375 g/mol. The molecular weight excluding hydrogens is 350 g/mol. The van der Waals surface area contributed by atoms with Gasteiger partial charge in [0.15, 0.2) is 5.69 Å². The van der Waals surface area contributed by atoms with Crippen LogP contribution in [0.25, 0.3) is 0 Å². The summed E-state index contributed by atoms with van der Waals surface area (Å²) in [6, 6.07) is 8.38. The number of amides is 1. The Morgan fingerprint density at radius 1 is 1.19 bits per heavy atom. The molecule has 2 aliphatic rings. The molecule has 0 radical (unpaired) electrons. The van der Waals surface area contributed by atoms with Gasteiger partial charge in [0.05, 0.1) is 0 Å². The van der Waals surface area contributed by atoms with E-state index in [0.717, 1.165) is 30.8 Å². The van der Waals surface area contributed by atoms with Crippen molar-refractivity contribution < 1.29 is 4.79 Å². The van der Waals surface area contributed by atoms with E-state index in [1.54, 1.807) is 0 Å². The lowest BCUT2D eigenvalue weighted by Crippen LogP contribution is -2.28. The lowest BCUT2D eigenvalue weighted by molar-refractivity contribution is 0.0944. The Hall–Kier alpha value is -1.89. The minimum atomic E-state index is -0.0998. The molecule has 1 saturated heterocycles. The first-order valence-corrected chi connectivity index (χ1v) is 9.15. The second kappa shape index (κ2) is 8.66. The maximum Gasteiger partial charge on any atom is 0.272 e. The van der Waals surface area contributed by atoms with Crippen molar-refractivity contribution in [2.24, 2.45) is 0 Å². The second-order valence-electron chi connectivity index (χ2n) is 6.89. The Morgan fingerprint density at radius 3 is 2.77 bits per heavy atom. The van der Waals surface area contributed by atoms with Crippen molar-refractivity contribution in [3.05, 3.63) is 52.3 Å². The minimum Gasteiger partial charge on any atom is -0.347 e. The maximum absolute atomic E-state index is 12.6. The Bertz CT molecular complexity index is 754. The molecule has 3 heterocycles. The first-order chi connectivity index (χ1) is 12.3. The highest BCUT2D eigenvalue weighted by Gasteiger charge is 2.21. The Morgan fingerprint density at radius 2 is 1.96 bits per heavy atom. The van der Waals surface area contributed by atoms with Gasteiger partial charge in [-0.25, -0.2) is 0 Å². The number of nitrogens with one attached hydrogen (secondary N) is 3. The zero-order valence-corrected chi connectivity index (χ0v) is 15.7. The number of H-pyrrole nitrogens is 1. The van der Waals surface area contributed by atoms with Gasteiger partial charge >= 0.3 is 0 Å². The predicted molar refractivity (Wildman–Crippen MR) is 103 cm³/mol. The van der Waals surface area contributed by atoms with E-state index in [0.29, 0.717) is 18.8 Å². The molecule has 0 bridgehead atoms. The smallest absolute Gasteiger partial charge is 0.272 e. The normalized spacial score (nSPS) is 16.8. The minimum absolute atomic E-state index is 0. The van der Waals surface area contributed by atoms with Crippen molar-refractivity contribution in [1.29, 1.82) is 0 Å². The quantitative estimate of drug-likeness (QED) is 0.747. The number of hydrogen-bond donors (Lipinski definition) is 3. The van der Waals surface area contributed by atoms with Crippen LogP contribution in [0.2, 0.25) is 0 Å². The van der Waals surface area contributed by atoms with Crippen LogP contribution in [-0.4, -0.2) is 40.6 Å². The summed E-state index contributed by atoms with van der Waals surface area (Å²) in [6.45, 7) is 5.49. The zero-order chi connectivity index (χ0) is 17.1. The van der Waals surface area contributed by atoms with E-state index in [9.17, 15) is 4.79 Å². The van der Waals surface area contributed by atoms with Gasteiger partial charge in [-0.3, -0.25) is 14.8 Å². The lowest BCUT2D eigenvalue weighted by Gasteiger charge is -2.18. The summed E-state index contributed by atoms with van der Waals surface area (Å²) in [7, 11) is 0. The van der Waals surface area contributed by atoms with Crippen LogP contribution in [0.5, 0.6) is 0 Å². The average molecular weight is 376 g/mol. The van der Waals surface area contributed by atoms with Gasteiger partial charge in [0.2, 0.25) is 0 Å². The van der Waals surface area contributed by atoms with E-state index in [4.69, 9.17) is 0 Å². The number of nitrogens with zero attached hydrogens (tertiary/aromatic N) is 2. The number of rotatable bonds is 5. The molecule has 0 atom stereocenters. The topological polar surface area (TPSA) is 73.0 Å². The number of likely N-dealkylation sites (tertiary alicyclic amines) is 1. The Balaban J connectivity index is 0.00000196. The molecule has 0 spiro atoms. The third kappa shape index (κ3) is 4.09. The van der Waals surface area contributed by atoms with Crippen molar-refractivity contribution in [1.82, 2.24) is 25.7 Å². The van der Waals surface area contributed by atoms with Crippen LogP contribution >= 0.6 is 12.4 Å². The number of aromatic amines is 1. The van der Waals surface area contributed by atoms with Crippen LogP contribution < -0.4 is 10.6 Å². The van der Waals surface area contributed by atoms with E-state index in [1.165, 1.54) is 37.1 Å². The van der Waals surface area contributed by atoms with Gasteiger partial charge in [-0.05, 0) is 37.1 Å². The molecule has 1 amide bonds. The Labute approximate surface area is 160 Å². The maximum atomic E-state index is 12.6. The van der Waals surface area contributed by atoms with Crippen molar-refractivity contribution in [2.75, 3.05) is 19.6 Å². The van der Waals surface area contributed by atoms with E-state index in [-0.39, 0.29) is 18.3 Å². The highest BCUT2D eigenvalue weighted by Crippen LogP contribution is 2.17. The largest absolute Gasteiger partial charge is 0.347 e. The molecule has 3 N–H and O–H groups in total. The fourth-order valence-corrected chi connectivity index (χ4v) is 3.74. The molecular formula is C19H26ClN5O. The summed E-state index contributed by atoms with van der Waals surface area (Å²) in [5.41, 5.74) is 5.10. The number of carbonyl (C=O) groups is 1. The molecule has 26 heavy (non-hydrogen) atoms. The van der Waals surface area contributed by atoms with Crippen molar-refractivity contribution >= 4 is 18.3 Å². The van der Waals surface area contributed by atoms with Gasteiger partial charge in [0, 0.05) is 43.9 Å². The van der Waals surface area contributed by atoms with E-state index in [1.807, 2.05) is 6.07 Å². The van der Waals surface area contributed by atoms with Gasteiger partial charge in [-0.15, -0.1) is 12.4 Å². The summed E-state index contributed by atoms with van der Waals surface area (Å²) in [4.78, 5) is 15.1. The van der Waals surface area contributed by atoms with Crippen LogP contribution in [0, 0.1) is 0 Å². The van der Waals surface area contributed by atoms with Crippen LogP contribution in [-0.2, 0) is 26.1 Å². The van der Waals surface area contributed by atoms with Gasteiger partial charge in [0.25, 0.3) is 5.91 Å². The van der Waals surface area contributed by atoms with Crippen LogP contribution in [0.3, 0.4) is 0 Å². The number of aromatic nitrogens is 2. The molecule has 7 heteroatoms. The number of hydrogen-bond acceptors (Lipinski definition) is 4. The van der Waals surface area contributed by atoms with Crippen LogP contribution in [0.4, 0.5) is 0 Å². The first kappa shape index (κ1) is 18.9. The number of benzene rings is 1. The molecule has 0 saturated carbocycles. The summed E-state index contributed by atoms with van der Waals surface area (Å²) in [6.07, 6.45) is 3.47. The third-order valence-corrected chi connectivity index (χ3v) is 5.17. The molecule has 2 aromatic rings. The molecule has 6 nitrogen and oxygen atoms in total. The standard InChI is InChI=1S/C19H25N5O.ClH/c25-19(18-16-12-20-8-7-17(16)22-23-18)21-11-14-5-1-2-6-15(14)13-24-9-3-4-10-24;/h1-2,5-6,20H,3-4,7-13H2,(H,21,25)(H,22,23);1H. The van der Waals surface area contributed by atoms with Gasteiger partial charge < -0.3 is 10.6 Å². The number of fused-ring (bicyclic) bond motifs is 1. The van der Waals surface area contributed by atoms with Gasteiger partial charge in [-0.2, -0.15) is 5.10 Å². The summed E-state index contributed by atoms with van der Waals surface area (Å²) >= 11 is 0. The van der Waals surface area contributed by atoms with Gasteiger partial charge in [0.1, 0.15) is 0 Å². The molecule has 4 rings (SSSR count). The third-order valence-electron chi connectivity index (χ3n) is 5.17. The van der Waals surface area contributed by atoms with E-state index < -0.39 is 0 Å². The van der Waals surface area contributed by atoms with Crippen molar-refractivity contribution in [3.8, 4) is 0 Å². The lowest BCUT2D eigenvalue weighted by atomic mass is 10.1. The Kier molecular flexibility index (Phi) is 6.29. The molecule has 0 aliphatic carbocycles. The first-order valence-electron chi connectivity index (χ1n) is 9.15. The molecule has 0 unspecified atom stereocenters. The average Bonchev–Trinajstić information content (AvgIpc) is 3.30. The molecule has 1 aromatic carbocycles. The summed E-state index contributed by atoms with van der Waals surface area (Å²) in [5, 5.41) is 13.6. The molecule has 1 aromatic heterocycles. The highest BCUT2D eigenvalue weighted by molar-refractivity contribution is 5.94. The number of halogens is 1. The molecule has 2 aliphatic heterocycles. The van der Waals surface area contributed by atoms with E-state index >= 15 is 0 Å².